The van der Waals surface area contributed by atoms with E-state index in [-0.39, 0.29) is 0 Å². The molecule has 0 aliphatic carbocycles. The van der Waals surface area contributed by atoms with Crippen LogP contribution in [0.25, 0.3) is 0 Å². The first-order chi connectivity index (χ1) is 16.2. The van der Waals surface area contributed by atoms with Crippen LogP contribution in [0.1, 0.15) is 47.9 Å². The van der Waals surface area contributed by atoms with Gasteiger partial charge in [-0.2, -0.15) is 0 Å². The number of nitrogens with zero attached hydrogens (tertiary/aromatic N) is 2. The van der Waals surface area contributed by atoms with Crippen LogP contribution >= 0.6 is 0 Å². The van der Waals surface area contributed by atoms with Crippen LogP contribution in [-0.4, -0.2) is 19.8 Å². The number of anilines is 2. The average Bonchev–Trinajstić information content (AvgIpc) is 3.39. The molecule has 166 valence electrons. The Kier molecular flexibility index (Phi) is 6.17. The van der Waals surface area contributed by atoms with E-state index in [9.17, 15) is 0 Å². The van der Waals surface area contributed by atoms with E-state index in [0.717, 1.165) is 19.8 Å². The van der Waals surface area contributed by atoms with Gasteiger partial charge >= 0.3 is 0 Å². The second-order valence-electron chi connectivity index (χ2n) is 9.05. The molecule has 0 saturated carbocycles. The third kappa shape index (κ3) is 4.39. The maximum absolute atomic E-state index is 2.54. The van der Waals surface area contributed by atoms with Gasteiger partial charge in [-0.25, -0.2) is 0 Å². The highest BCUT2D eigenvalue weighted by Gasteiger charge is 2.26. The molecule has 33 heavy (non-hydrogen) atoms. The minimum Gasteiger partial charge on any atom is -0.352 e. The molecule has 4 aromatic rings. The van der Waals surface area contributed by atoms with Crippen LogP contribution in [0.15, 0.2) is 109 Å². The van der Waals surface area contributed by atoms with E-state index in [1.54, 1.807) is 0 Å². The SMILES string of the molecule is C[C@@H](c1ccccc1)c1ccccc1N1CCN(c2ccccc2[C@@H](C)c2ccccc2)C1. The summed E-state index contributed by atoms with van der Waals surface area (Å²) in [6.45, 7) is 7.62. The van der Waals surface area contributed by atoms with Crippen LogP contribution in [0.2, 0.25) is 0 Å². The van der Waals surface area contributed by atoms with Crippen molar-refractivity contribution in [1.82, 2.24) is 0 Å². The van der Waals surface area contributed by atoms with Gasteiger partial charge in [0.1, 0.15) is 0 Å². The van der Waals surface area contributed by atoms with Gasteiger partial charge in [-0.05, 0) is 34.4 Å². The molecule has 0 amide bonds. The van der Waals surface area contributed by atoms with Crippen LogP contribution in [0.5, 0.6) is 0 Å². The summed E-state index contributed by atoms with van der Waals surface area (Å²) >= 11 is 0. The Balaban J connectivity index is 1.41. The van der Waals surface area contributed by atoms with Crippen molar-refractivity contribution in [2.45, 2.75) is 25.7 Å². The van der Waals surface area contributed by atoms with Gasteiger partial charge in [0.15, 0.2) is 0 Å². The second kappa shape index (κ2) is 9.54. The topological polar surface area (TPSA) is 6.48 Å². The fraction of sp³-hybridized carbons (Fsp3) is 0.226. The highest BCUT2D eigenvalue weighted by Crippen LogP contribution is 2.36. The Morgan fingerprint density at radius 1 is 0.485 bits per heavy atom. The normalized spacial score (nSPS) is 15.5. The van der Waals surface area contributed by atoms with Crippen molar-refractivity contribution in [3.8, 4) is 0 Å². The lowest BCUT2D eigenvalue weighted by Crippen LogP contribution is -2.27. The van der Waals surface area contributed by atoms with E-state index in [1.807, 2.05) is 0 Å². The lowest BCUT2D eigenvalue weighted by molar-refractivity contribution is 0.872. The second-order valence-corrected chi connectivity index (χ2v) is 9.05. The predicted molar refractivity (Wildman–Crippen MR) is 140 cm³/mol. The largest absolute Gasteiger partial charge is 0.352 e. The Hall–Kier alpha value is -3.52. The monoisotopic (exact) mass is 432 g/mol. The molecule has 0 aromatic heterocycles. The zero-order valence-electron chi connectivity index (χ0n) is 19.6. The van der Waals surface area contributed by atoms with Gasteiger partial charge in [0.25, 0.3) is 0 Å². The highest BCUT2D eigenvalue weighted by molar-refractivity contribution is 5.63. The van der Waals surface area contributed by atoms with Gasteiger partial charge in [0.05, 0.1) is 6.67 Å². The van der Waals surface area contributed by atoms with Crippen molar-refractivity contribution in [2.75, 3.05) is 29.6 Å². The lowest BCUT2D eigenvalue weighted by Gasteiger charge is -2.27. The highest BCUT2D eigenvalue weighted by atomic mass is 15.4. The first-order valence-electron chi connectivity index (χ1n) is 12.0. The molecule has 0 spiro atoms. The smallest absolute Gasteiger partial charge is 0.0904 e. The summed E-state index contributed by atoms with van der Waals surface area (Å²) in [5, 5.41) is 0. The summed E-state index contributed by atoms with van der Waals surface area (Å²) in [4.78, 5) is 5.08. The van der Waals surface area contributed by atoms with Gasteiger partial charge in [0, 0.05) is 36.3 Å². The summed E-state index contributed by atoms with van der Waals surface area (Å²) in [5.74, 6) is 0.726. The minimum atomic E-state index is 0.363. The molecule has 2 heteroatoms. The summed E-state index contributed by atoms with van der Waals surface area (Å²) in [7, 11) is 0. The third-order valence-corrected chi connectivity index (χ3v) is 7.07. The molecule has 2 atom stereocenters. The first kappa shape index (κ1) is 21.3. The molecule has 4 aromatic carbocycles. The summed E-state index contributed by atoms with van der Waals surface area (Å²) in [6, 6.07) is 39.5. The molecule has 0 radical (unpaired) electrons. The number of hydrogen-bond acceptors (Lipinski definition) is 2. The molecule has 0 N–H and O–H groups in total. The summed E-state index contributed by atoms with van der Waals surface area (Å²) in [6.07, 6.45) is 0. The number of para-hydroxylation sites is 2. The molecule has 1 aliphatic rings. The van der Waals surface area contributed by atoms with Gasteiger partial charge in [-0.3, -0.25) is 0 Å². The lowest BCUT2D eigenvalue weighted by atomic mass is 9.91. The quantitative estimate of drug-likeness (QED) is 0.316. The number of benzene rings is 4. The summed E-state index contributed by atoms with van der Waals surface area (Å²) in [5.41, 5.74) is 8.23. The molecule has 1 saturated heterocycles. The van der Waals surface area contributed by atoms with E-state index in [4.69, 9.17) is 0 Å². The Morgan fingerprint density at radius 3 is 1.27 bits per heavy atom. The van der Waals surface area contributed by atoms with Crippen molar-refractivity contribution in [3.63, 3.8) is 0 Å². The van der Waals surface area contributed by atoms with E-state index in [0.29, 0.717) is 11.8 Å². The zero-order valence-corrected chi connectivity index (χ0v) is 19.6. The van der Waals surface area contributed by atoms with Crippen molar-refractivity contribution in [1.29, 1.82) is 0 Å². The molecule has 2 nitrogen and oxygen atoms in total. The van der Waals surface area contributed by atoms with Crippen molar-refractivity contribution in [2.24, 2.45) is 0 Å². The van der Waals surface area contributed by atoms with Gasteiger partial charge in [-0.15, -0.1) is 0 Å². The standard InChI is InChI=1S/C31H32N2/c1-24(26-13-5-3-6-14-26)28-17-9-11-19-30(28)32-21-22-33(23-32)31-20-12-10-18-29(31)25(2)27-15-7-4-8-16-27/h3-20,24-25H,21-23H2,1-2H3/t24-,25-/m0/s1. The molecule has 5 rings (SSSR count). The van der Waals surface area contributed by atoms with Crippen molar-refractivity contribution < 1.29 is 0 Å². The van der Waals surface area contributed by atoms with E-state index in [1.165, 1.54) is 33.6 Å². The maximum atomic E-state index is 2.54. The number of rotatable bonds is 6. The van der Waals surface area contributed by atoms with Crippen LogP contribution in [0.3, 0.4) is 0 Å². The van der Waals surface area contributed by atoms with E-state index in [2.05, 4.69) is 133 Å². The van der Waals surface area contributed by atoms with Crippen LogP contribution in [-0.2, 0) is 0 Å². The molecular weight excluding hydrogens is 400 g/mol. The van der Waals surface area contributed by atoms with Gasteiger partial charge in [-0.1, -0.05) is 111 Å². The van der Waals surface area contributed by atoms with E-state index >= 15 is 0 Å². The van der Waals surface area contributed by atoms with Gasteiger partial charge in [0.2, 0.25) is 0 Å². The van der Waals surface area contributed by atoms with Crippen molar-refractivity contribution in [3.05, 3.63) is 131 Å². The fourth-order valence-corrected chi connectivity index (χ4v) is 5.11. The number of hydrogen-bond donors (Lipinski definition) is 0. The Morgan fingerprint density at radius 2 is 0.848 bits per heavy atom. The molecule has 0 bridgehead atoms. The third-order valence-electron chi connectivity index (χ3n) is 7.07. The van der Waals surface area contributed by atoms with Crippen LogP contribution < -0.4 is 9.80 Å². The maximum Gasteiger partial charge on any atom is 0.0904 e. The summed E-state index contributed by atoms with van der Waals surface area (Å²) < 4.78 is 0. The fourth-order valence-electron chi connectivity index (χ4n) is 5.11. The van der Waals surface area contributed by atoms with Crippen LogP contribution in [0.4, 0.5) is 11.4 Å². The molecular formula is C31H32N2. The van der Waals surface area contributed by atoms with E-state index < -0.39 is 0 Å². The molecule has 0 unspecified atom stereocenters. The minimum absolute atomic E-state index is 0.363. The molecule has 1 fully saturated rings. The predicted octanol–water partition coefficient (Wildman–Crippen LogP) is 7.27. The Labute approximate surface area is 198 Å². The van der Waals surface area contributed by atoms with Gasteiger partial charge < -0.3 is 9.80 Å². The first-order valence-corrected chi connectivity index (χ1v) is 12.0. The average molecular weight is 433 g/mol. The Bertz CT molecular complexity index is 1090. The molecule has 1 aliphatic heterocycles. The van der Waals surface area contributed by atoms with Crippen molar-refractivity contribution >= 4 is 11.4 Å². The molecule has 1 heterocycles. The zero-order chi connectivity index (χ0) is 22.6. The van der Waals surface area contributed by atoms with Crippen LogP contribution in [0, 0.1) is 0 Å².